The van der Waals surface area contributed by atoms with Crippen LogP contribution in [0.25, 0.3) is 0 Å². The minimum atomic E-state index is 0.194. The number of ether oxygens (including phenoxy) is 1. The summed E-state index contributed by atoms with van der Waals surface area (Å²) in [6.07, 6.45) is 1.08. The number of aliphatic hydroxyl groups excluding tert-OH is 1. The Morgan fingerprint density at radius 1 is 1.30 bits per heavy atom. The number of hydrogen-bond donors (Lipinski definition) is 2. The van der Waals surface area contributed by atoms with Gasteiger partial charge >= 0.3 is 0 Å². The van der Waals surface area contributed by atoms with Crippen molar-refractivity contribution in [2.75, 3.05) is 44.9 Å². The van der Waals surface area contributed by atoms with Crippen LogP contribution >= 0.6 is 0 Å². The van der Waals surface area contributed by atoms with E-state index in [1.807, 2.05) is 0 Å². The maximum atomic E-state index is 9.15. The Kier molecular flexibility index (Phi) is 8.26. The molecule has 0 saturated heterocycles. The van der Waals surface area contributed by atoms with Crippen LogP contribution in [0.4, 0.5) is 5.69 Å². The van der Waals surface area contributed by atoms with E-state index >= 15 is 0 Å². The quantitative estimate of drug-likeness (QED) is 0.643. The Morgan fingerprint density at radius 3 is 2.70 bits per heavy atom. The molecular formula is C16H28N2O2. The summed E-state index contributed by atoms with van der Waals surface area (Å²) in [6, 6.07) is 6.52. The SMILES string of the molecule is CCCN(CCO)c1ccc(CNCCOC)c(C)c1. The number of methoxy groups -OCH3 is 1. The van der Waals surface area contributed by atoms with Crippen LogP contribution in [0.15, 0.2) is 18.2 Å². The highest BCUT2D eigenvalue weighted by molar-refractivity contribution is 5.50. The Morgan fingerprint density at radius 2 is 2.10 bits per heavy atom. The fourth-order valence-electron chi connectivity index (χ4n) is 2.23. The van der Waals surface area contributed by atoms with Gasteiger partial charge in [-0.2, -0.15) is 0 Å². The van der Waals surface area contributed by atoms with E-state index in [2.05, 4.69) is 42.3 Å². The first kappa shape index (κ1) is 17.0. The zero-order valence-corrected chi connectivity index (χ0v) is 13.0. The van der Waals surface area contributed by atoms with E-state index in [9.17, 15) is 0 Å². The summed E-state index contributed by atoms with van der Waals surface area (Å²) in [7, 11) is 1.71. The minimum Gasteiger partial charge on any atom is -0.395 e. The number of aryl methyl sites for hydroxylation is 1. The monoisotopic (exact) mass is 280 g/mol. The second kappa shape index (κ2) is 9.75. The Balaban J connectivity index is 2.65. The third-order valence-corrected chi connectivity index (χ3v) is 3.35. The largest absolute Gasteiger partial charge is 0.395 e. The van der Waals surface area contributed by atoms with Gasteiger partial charge in [0.2, 0.25) is 0 Å². The first-order valence-electron chi connectivity index (χ1n) is 7.38. The number of aliphatic hydroxyl groups is 1. The van der Waals surface area contributed by atoms with Crippen molar-refractivity contribution in [2.45, 2.75) is 26.8 Å². The lowest BCUT2D eigenvalue weighted by molar-refractivity contribution is 0.199. The molecule has 4 heteroatoms. The van der Waals surface area contributed by atoms with Crippen LogP contribution < -0.4 is 10.2 Å². The molecule has 0 aromatic heterocycles. The maximum Gasteiger partial charge on any atom is 0.0606 e. The van der Waals surface area contributed by atoms with Gasteiger partial charge in [0, 0.05) is 39.0 Å². The number of anilines is 1. The molecule has 2 N–H and O–H groups in total. The first-order valence-corrected chi connectivity index (χ1v) is 7.38. The third-order valence-electron chi connectivity index (χ3n) is 3.35. The van der Waals surface area contributed by atoms with Crippen molar-refractivity contribution in [3.8, 4) is 0 Å². The molecule has 0 saturated carbocycles. The molecule has 0 unspecified atom stereocenters. The molecule has 114 valence electrons. The molecule has 0 aliphatic heterocycles. The van der Waals surface area contributed by atoms with Crippen molar-refractivity contribution in [3.05, 3.63) is 29.3 Å². The molecule has 0 bridgehead atoms. The van der Waals surface area contributed by atoms with E-state index in [-0.39, 0.29) is 6.61 Å². The van der Waals surface area contributed by atoms with Crippen LogP contribution in [0.5, 0.6) is 0 Å². The lowest BCUT2D eigenvalue weighted by Gasteiger charge is -2.24. The fourth-order valence-corrected chi connectivity index (χ4v) is 2.23. The van der Waals surface area contributed by atoms with E-state index in [0.29, 0.717) is 6.54 Å². The summed E-state index contributed by atoms with van der Waals surface area (Å²) in [5.41, 5.74) is 3.79. The summed E-state index contributed by atoms with van der Waals surface area (Å²) in [5, 5.41) is 12.5. The highest BCUT2D eigenvalue weighted by atomic mass is 16.5. The van der Waals surface area contributed by atoms with Crippen LogP contribution in [0.2, 0.25) is 0 Å². The summed E-state index contributed by atoms with van der Waals surface area (Å²) < 4.78 is 5.02. The van der Waals surface area contributed by atoms with Gasteiger partial charge in [-0.05, 0) is 36.6 Å². The predicted octanol–water partition coefficient (Wildman–Crippen LogP) is 1.94. The van der Waals surface area contributed by atoms with Gasteiger partial charge in [-0.25, -0.2) is 0 Å². The molecule has 0 atom stereocenters. The smallest absolute Gasteiger partial charge is 0.0606 e. The molecule has 0 spiro atoms. The predicted molar refractivity (Wildman–Crippen MR) is 84.4 cm³/mol. The molecule has 0 amide bonds. The normalized spacial score (nSPS) is 10.8. The first-order chi connectivity index (χ1) is 9.72. The number of benzene rings is 1. The zero-order chi connectivity index (χ0) is 14.8. The molecule has 1 rings (SSSR count). The molecule has 0 aliphatic carbocycles. The van der Waals surface area contributed by atoms with E-state index in [1.165, 1.54) is 16.8 Å². The average Bonchev–Trinajstić information content (AvgIpc) is 2.45. The number of nitrogens with one attached hydrogen (secondary N) is 1. The standard InChI is InChI=1S/C16H28N2O2/c1-4-8-18(9-10-19)16-6-5-15(14(2)12-16)13-17-7-11-20-3/h5-6,12,17,19H,4,7-11,13H2,1-3H3. The van der Waals surface area contributed by atoms with Crippen molar-refractivity contribution in [1.29, 1.82) is 0 Å². The van der Waals surface area contributed by atoms with Crippen LogP contribution in [0.3, 0.4) is 0 Å². The second-order valence-corrected chi connectivity index (χ2v) is 4.99. The fraction of sp³-hybridized carbons (Fsp3) is 0.625. The lowest BCUT2D eigenvalue weighted by atomic mass is 10.1. The summed E-state index contributed by atoms with van der Waals surface area (Å²) in [5.74, 6) is 0. The number of hydrogen-bond acceptors (Lipinski definition) is 4. The second-order valence-electron chi connectivity index (χ2n) is 4.99. The van der Waals surface area contributed by atoms with Gasteiger partial charge in [-0.3, -0.25) is 0 Å². The lowest BCUT2D eigenvalue weighted by Crippen LogP contribution is -2.27. The molecule has 1 aromatic rings. The van der Waals surface area contributed by atoms with E-state index in [1.54, 1.807) is 7.11 Å². The molecule has 0 fully saturated rings. The Labute approximate surface area is 122 Å². The van der Waals surface area contributed by atoms with Gasteiger partial charge < -0.3 is 20.1 Å². The average molecular weight is 280 g/mol. The van der Waals surface area contributed by atoms with Crippen molar-refractivity contribution in [1.82, 2.24) is 5.32 Å². The molecule has 0 radical (unpaired) electrons. The van der Waals surface area contributed by atoms with Gasteiger partial charge in [0.15, 0.2) is 0 Å². The highest BCUT2D eigenvalue weighted by Gasteiger charge is 2.07. The van der Waals surface area contributed by atoms with Gasteiger partial charge in [-0.15, -0.1) is 0 Å². The van der Waals surface area contributed by atoms with Crippen LogP contribution in [-0.4, -0.2) is 45.1 Å². The Bertz CT molecular complexity index is 377. The van der Waals surface area contributed by atoms with Crippen molar-refractivity contribution in [3.63, 3.8) is 0 Å². The van der Waals surface area contributed by atoms with Crippen molar-refractivity contribution < 1.29 is 9.84 Å². The van der Waals surface area contributed by atoms with Gasteiger partial charge in [0.05, 0.1) is 13.2 Å². The van der Waals surface area contributed by atoms with Gasteiger partial charge in [0.25, 0.3) is 0 Å². The van der Waals surface area contributed by atoms with Crippen LogP contribution in [0, 0.1) is 6.92 Å². The molecular weight excluding hydrogens is 252 g/mol. The summed E-state index contributed by atoms with van der Waals surface area (Å²) >= 11 is 0. The topological polar surface area (TPSA) is 44.7 Å². The molecule has 1 aromatic carbocycles. The van der Waals surface area contributed by atoms with E-state index < -0.39 is 0 Å². The minimum absolute atomic E-state index is 0.194. The number of nitrogens with zero attached hydrogens (tertiary/aromatic N) is 1. The molecule has 0 aliphatic rings. The third kappa shape index (κ3) is 5.49. The van der Waals surface area contributed by atoms with Gasteiger partial charge in [0.1, 0.15) is 0 Å². The van der Waals surface area contributed by atoms with Crippen molar-refractivity contribution >= 4 is 5.69 Å². The molecule has 0 heterocycles. The van der Waals surface area contributed by atoms with Crippen LogP contribution in [-0.2, 0) is 11.3 Å². The Hall–Kier alpha value is -1.10. The summed E-state index contributed by atoms with van der Waals surface area (Å²) in [6.45, 7) is 8.63. The molecule has 4 nitrogen and oxygen atoms in total. The van der Waals surface area contributed by atoms with Gasteiger partial charge in [-0.1, -0.05) is 13.0 Å². The van der Waals surface area contributed by atoms with Crippen molar-refractivity contribution in [2.24, 2.45) is 0 Å². The van der Waals surface area contributed by atoms with E-state index in [4.69, 9.17) is 9.84 Å². The van der Waals surface area contributed by atoms with E-state index in [0.717, 1.165) is 32.7 Å². The molecule has 20 heavy (non-hydrogen) atoms. The number of rotatable bonds is 10. The summed E-state index contributed by atoms with van der Waals surface area (Å²) in [4.78, 5) is 2.23. The maximum absolute atomic E-state index is 9.15. The van der Waals surface area contributed by atoms with Crippen LogP contribution in [0.1, 0.15) is 24.5 Å². The zero-order valence-electron chi connectivity index (χ0n) is 13.0. The highest BCUT2D eigenvalue weighted by Crippen LogP contribution is 2.19.